The normalized spacial score (nSPS) is 14.6. The number of aromatic hydroxyl groups is 1. The van der Waals surface area contributed by atoms with Crippen molar-refractivity contribution in [2.45, 2.75) is 39.8 Å². The molecule has 0 saturated heterocycles. The maximum absolute atomic E-state index is 12.7. The van der Waals surface area contributed by atoms with Crippen molar-refractivity contribution in [1.29, 1.82) is 0 Å². The lowest BCUT2D eigenvalue weighted by atomic mass is 9.87. The minimum atomic E-state index is -0.617. The number of pyridine rings is 1. The lowest BCUT2D eigenvalue weighted by Gasteiger charge is -2.33. The Morgan fingerprint density at radius 3 is 2.62 bits per heavy atom. The van der Waals surface area contributed by atoms with Gasteiger partial charge in [0.05, 0.1) is 12.3 Å². The second-order valence-corrected chi connectivity index (χ2v) is 8.33. The van der Waals surface area contributed by atoms with Gasteiger partial charge in [-0.2, -0.15) is 0 Å². The highest BCUT2D eigenvalue weighted by Gasteiger charge is 2.29. The Morgan fingerprint density at radius 1 is 1.19 bits per heavy atom. The molecule has 0 spiro atoms. The minimum absolute atomic E-state index is 0.0103. The van der Waals surface area contributed by atoms with Gasteiger partial charge in [-0.3, -0.25) is 4.79 Å². The second kappa shape index (κ2) is 8.91. The van der Waals surface area contributed by atoms with Crippen molar-refractivity contribution >= 4 is 5.97 Å². The molecule has 0 amide bonds. The molecule has 0 bridgehead atoms. The van der Waals surface area contributed by atoms with Gasteiger partial charge in [-0.1, -0.05) is 44.2 Å². The third-order valence-corrected chi connectivity index (χ3v) is 5.83. The third-order valence-electron chi connectivity index (χ3n) is 5.83. The Balaban J connectivity index is 1.75. The second-order valence-electron chi connectivity index (χ2n) is 8.33. The molecular weight excluding hydrogens is 406 g/mol. The molecule has 0 aliphatic carbocycles. The highest BCUT2D eigenvalue weighted by atomic mass is 16.5. The maximum Gasteiger partial charge on any atom is 0.343 e. The molecule has 6 heteroatoms. The monoisotopic (exact) mass is 433 g/mol. The topological polar surface area (TPSA) is 77.8 Å². The van der Waals surface area contributed by atoms with E-state index in [0.717, 1.165) is 16.7 Å². The van der Waals surface area contributed by atoms with Gasteiger partial charge >= 0.3 is 5.97 Å². The van der Waals surface area contributed by atoms with Crippen molar-refractivity contribution < 1.29 is 19.4 Å². The summed E-state index contributed by atoms with van der Waals surface area (Å²) in [6.45, 7) is 6.47. The van der Waals surface area contributed by atoms with Crippen LogP contribution in [0, 0.1) is 5.92 Å². The number of hydrogen-bond donors (Lipinski definition) is 1. The van der Waals surface area contributed by atoms with Gasteiger partial charge in [-0.15, -0.1) is 0 Å². The molecule has 2 heterocycles. The summed E-state index contributed by atoms with van der Waals surface area (Å²) in [6.07, 6.45) is 2.28. The molecule has 4 rings (SSSR count). The number of rotatable bonds is 6. The highest BCUT2D eigenvalue weighted by molar-refractivity contribution is 5.89. The van der Waals surface area contributed by atoms with Crippen LogP contribution < -0.4 is 10.2 Å². The Labute approximate surface area is 187 Å². The van der Waals surface area contributed by atoms with Gasteiger partial charge in [0.1, 0.15) is 12.2 Å². The van der Waals surface area contributed by atoms with E-state index >= 15 is 0 Å². The van der Waals surface area contributed by atoms with Crippen LogP contribution in [0.5, 0.6) is 11.5 Å². The fraction of sp³-hybridized carbons (Fsp3) is 0.308. The number of phenols is 1. The number of ether oxygens (including phenoxy) is 2. The van der Waals surface area contributed by atoms with Crippen molar-refractivity contribution in [3.8, 4) is 22.8 Å². The molecule has 32 heavy (non-hydrogen) atoms. The predicted octanol–water partition coefficient (Wildman–Crippen LogP) is 4.73. The largest absolute Gasteiger partial charge is 0.504 e. The summed E-state index contributed by atoms with van der Waals surface area (Å²) in [6, 6.07) is 14.8. The SMILES string of the molecule is CCOC(=O)c1cn2c(cc1=O)-c1cc(O)c(OCc3ccccc3)cc1CC2C(C)C. The summed E-state index contributed by atoms with van der Waals surface area (Å²) in [5.41, 5.74) is 3.07. The van der Waals surface area contributed by atoms with E-state index in [9.17, 15) is 14.7 Å². The number of hydrogen-bond acceptors (Lipinski definition) is 5. The van der Waals surface area contributed by atoms with E-state index in [4.69, 9.17) is 9.47 Å². The first-order chi connectivity index (χ1) is 15.4. The molecule has 1 aliphatic rings. The average molecular weight is 434 g/mol. The van der Waals surface area contributed by atoms with Gasteiger partial charge in [0.15, 0.2) is 16.9 Å². The maximum atomic E-state index is 12.7. The molecule has 1 aromatic heterocycles. The first-order valence-electron chi connectivity index (χ1n) is 10.8. The van der Waals surface area contributed by atoms with Gasteiger partial charge in [-0.25, -0.2) is 4.79 Å². The molecule has 166 valence electrons. The van der Waals surface area contributed by atoms with E-state index < -0.39 is 11.4 Å². The zero-order valence-electron chi connectivity index (χ0n) is 18.5. The molecule has 1 unspecified atom stereocenters. The minimum Gasteiger partial charge on any atom is -0.504 e. The van der Waals surface area contributed by atoms with Crippen LogP contribution in [0.1, 0.15) is 48.3 Å². The quantitative estimate of drug-likeness (QED) is 0.569. The van der Waals surface area contributed by atoms with Crippen molar-refractivity contribution in [2.75, 3.05) is 6.61 Å². The molecule has 3 aromatic rings. The lowest BCUT2D eigenvalue weighted by molar-refractivity contribution is 0.0523. The van der Waals surface area contributed by atoms with E-state index in [1.807, 2.05) is 41.0 Å². The van der Waals surface area contributed by atoms with E-state index in [1.54, 1.807) is 19.2 Å². The van der Waals surface area contributed by atoms with Crippen LogP contribution in [0.4, 0.5) is 0 Å². The van der Waals surface area contributed by atoms with Crippen molar-refractivity contribution in [3.63, 3.8) is 0 Å². The summed E-state index contributed by atoms with van der Waals surface area (Å²) in [4.78, 5) is 25.0. The van der Waals surface area contributed by atoms with E-state index in [1.165, 1.54) is 6.07 Å². The van der Waals surface area contributed by atoms with Gasteiger partial charge in [-0.05, 0) is 42.5 Å². The van der Waals surface area contributed by atoms with Crippen LogP contribution in [-0.4, -0.2) is 22.2 Å². The number of carbonyl (C=O) groups is 1. The zero-order valence-corrected chi connectivity index (χ0v) is 18.5. The van der Waals surface area contributed by atoms with Crippen LogP contribution in [-0.2, 0) is 17.8 Å². The van der Waals surface area contributed by atoms with Crippen molar-refractivity contribution in [3.05, 3.63) is 81.6 Å². The van der Waals surface area contributed by atoms with E-state index in [0.29, 0.717) is 24.5 Å². The number of phenolic OH excluding ortho intramolecular Hbond substituents is 1. The first-order valence-corrected chi connectivity index (χ1v) is 10.8. The molecule has 1 aliphatic heterocycles. The average Bonchev–Trinajstić information content (AvgIpc) is 2.77. The van der Waals surface area contributed by atoms with Crippen LogP contribution in [0.25, 0.3) is 11.3 Å². The van der Waals surface area contributed by atoms with Crippen molar-refractivity contribution in [1.82, 2.24) is 4.57 Å². The number of carbonyl (C=O) groups excluding carboxylic acids is 1. The van der Waals surface area contributed by atoms with Crippen LogP contribution in [0.2, 0.25) is 0 Å². The van der Waals surface area contributed by atoms with Crippen molar-refractivity contribution in [2.24, 2.45) is 5.92 Å². The third kappa shape index (κ3) is 4.13. The van der Waals surface area contributed by atoms with Crippen LogP contribution >= 0.6 is 0 Å². The molecule has 0 fully saturated rings. The van der Waals surface area contributed by atoms with Gasteiger partial charge < -0.3 is 19.1 Å². The molecule has 6 nitrogen and oxygen atoms in total. The van der Waals surface area contributed by atoms with E-state index in [-0.39, 0.29) is 29.9 Å². The lowest BCUT2D eigenvalue weighted by Crippen LogP contribution is -2.28. The fourth-order valence-electron chi connectivity index (χ4n) is 4.15. The zero-order chi connectivity index (χ0) is 22.8. The van der Waals surface area contributed by atoms with Crippen LogP contribution in [0.15, 0.2) is 59.5 Å². The van der Waals surface area contributed by atoms with Gasteiger partial charge in [0, 0.05) is 23.9 Å². The Kier molecular flexibility index (Phi) is 6.04. The smallest absolute Gasteiger partial charge is 0.343 e. The molecule has 2 aromatic carbocycles. The predicted molar refractivity (Wildman–Crippen MR) is 122 cm³/mol. The molecule has 0 saturated carbocycles. The Morgan fingerprint density at radius 2 is 1.94 bits per heavy atom. The first kappa shape index (κ1) is 21.7. The molecule has 1 N–H and O–H groups in total. The number of fused-ring (bicyclic) bond motifs is 3. The number of aromatic nitrogens is 1. The Hall–Kier alpha value is -3.54. The standard InChI is InChI=1S/C26H27NO5/c1-4-31-26(30)20-14-27-21(16(2)3)10-18-11-25(32-15-17-8-6-5-7-9-17)24(29)12-19(18)22(27)13-23(20)28/h5-9,11-14,16,21,29H,4,10,15H2,1-3H3. The summed E-state index contributed by atoms with van der Waals surface area (Å²) < 4.78 is 12.9. The molecule has 1 atom stereocenters. The Bertz CT molecular complexity index is 1200. The van der Waals surface area contributed by atoms with Gasteiger partial charge in [0.25, 0.3) is 0 Å². The summed E-state index contributed by atoms with van der Waals surface area (Å²) in [7, 11) is 0. The highest BCUT2D eigenvalue weighted by Crippen LogP contribution is 2.42. The number of esters is 1. The van der Waals surface area contributed by atoms with Crippen LogP contribution in [0.3, 0.4) is 0 Å². The number of nitrogens with zero attached hydrogens (tertiary/aromatic N) is 1. The summed E-state index contributed by atoms with van der Waals surface area (Å²) >= 11 is 0. The fourth-order valence-corrected chi connectivity index (χ4v) is 4.15. The summed E-state index contributed by atoms with van der Waals surface area (Å²) in [5.74, 6) is 0.0562. The van der Waals surface area contributed by atoms with Gasteiger partial charge in [0.2, 0.25) is 0 Å². The number of benzene rings is 2. The summed E-state index contributed by atoms with van der Waals surface area (Å²) in [5, 5.41) is 10.6. The van der Waals surface area contributed by atoms with E-state index in [2.05, 4.69) is 13.8 Å². The molecular formula is C26H27NO5. The molecule has 0 radical (unpaired) electrons.